The third-order valence-electron chi connectivity index (χ3n) is 5.81. The monoisotopic (exact) mass is 517 g/mol. The molecule has 5 nitrogen and oxygen atoms in total. The number of aliphatic imine (C=N–C) groups is 1. The summed E-state index contributed by atoms with van der Waals surface area (Å²) in [6.45, 7) is 7.17. The smallest absolute Gasteiger partial charge is 0.193 e. The van der Waals surface area contributed by atoms with Gasteiger partial charge in [-0.25, -0.2) is 4.39 Å². The number of benzene rings is 1. The van der Waals surface area contributed by atoms with E-state index in [4.69, 9.17) is 0 Å². The van der Waals surface area contributed by atoms with Crippen LogP contribution >= 0.6 is 24.0 Å². The molecule has 0 aromatic heterocycles. The van der Waals surface area contributed by atoms with Gasteiger partial charge in [0.2, 0.25) is 0 Å². The number of piperidine rings is 1. The predicted molar refractivity (Wildman–Crippen MR) is 129 cm³/mol. The van der Waals surface area contributed by atoms with E-state index >= 15 is 0 Å². The van der Waals surface area contributed by atoms with Gasteiger partial charge in [-0.1, -0.05) is 12.5 Å². The molecule has 0 aliphatic carbocycles. The predicted octanol–water partition coefficient (Wildman–Crippen LogP) is 3.39. The summed E-state index contributed by atoms with van der Waals surface area (Å²) in [7, 11) is 5.77. The van der Waals surface area contributed by atoms with Gasteiger partial charge in [0, 0.05) is 45.3 Å². The van der Waals surface area contributed by atoms with Crippen molar-refractivity contribution in [2.24, 2.45) is 10.9 Å². The summed E-state index contributed by atoms with van der Waals surface area (Å²) < 4.78 is 14.0. The van der Waals surface area contributed by atoms with Gasteiger partial charge in [-0.2, -0.15) is 0 Å². The number of hydrogen-bond acceptors (Lipinski definition) is 3. The minimum absolute atomic E-state index is 0. The molecule has 0 bridgehead atoms. The number of hydrogen-bond donors (Lipinski definition) is 1. The van der Waals surface area contributed by atoms with Gasteiger partial charge in [-0.3, -0.25) is 4.99 Å². The van der Waals surface area contributed by atoms with Gasteiger partial charge in [0.1, 0.15) is 5.82 Å². The van der Waals surface area contributed by atoms with Crippen molar-refractivity contribution in [3.8, 4) is 0 Å². The first-order valence-corrected chi connectivity index (χ1v) is 10.6. The van der Waals surface area contributed by atoms with Crippen LogP contribution in [0.15, 0.2) is 23.2 Å². The standard InChI is InChI=1S/C22H36FN5.HI/c1-24-22(25-14-18-7-8-21(23)20(13-18)17-26(2)3)28-12-9-19(16-28)15-27-10-5-4-6-11-27;/h7-8,13,19H,4-6,9-12,14-17H2,1-3H3,(H,24,25);1H. The Bertz CT molecular complexity index is 661. The molecule has 1 aromatic rings. The topological polar surface area (TPSA) is 34.1 Å². The van der Waals surface area contributed by atoms with E-state index in [0.29, 0.717) is 13.1 Å². The zero-order chi connectivity index (χ0) is 19.9. The number of rotatable bonds is 6. The maximum atomic E-state index is 14.0. The third kappa shape index (κ3) is 7.36. The van der Waals surface area contributed by atoms with Crippen LogP contribution in [0.2, 0.25) is 0 Å². The van der Waals surface area contributed by atoms with Gasteiger partial charge in [-0.15, -0.1) is 24.0 Å². The molecule has 1 N–H and O–H groups in total. The number of halogens is 2. The summed E-state index contributed by atoms with van der Waals surface area (Å²) >= 11 is 0. The van der Waals surface area contributed by atoms with E-state index in [1.54, 1.807) is 6.07 Å². The highest BCUT2D eigenvalue weighted by molar-refractivity contribution is 14.0. The van der Waals surface area contributed by atoms with Gasteiger partial charge in [0.05, 0.1) is 0 Å². The molecule has 2 heterocycles. The van der Waals surface area contributed by atoms with E-state index in [2.05, 4.69) is 20.1 Å². The van der Waals surface area contributed by atoms with Crippen molar-refractivity contribution < 1.29 is 4.39 Å². The van der Waals surface area contributed by atoms with Crippen LogP contribution in [0.4, 0.5) is 4.39 Å². The zero-order valence-electron chi connectivity index (χ0n) is 18.2. The van der Waals surface area contributed by atoms with E-state index < -0.39 is 0 Å². The summed E-state index contributed by atoms with van der Waals surface area (Å²) in [4.78, 5) is 11.5. The van der Waals surface area contributed by atoms with Crippen LogP contribution in [0.25, 0.3) is 0 Å². The van der Waals surface area contributed by atoms with Crippen molar-refractivity contribution in [1.82, 2.24) is 20.0 Å². The molecule has 0 radical (unpaired) electrons. The SMILES string of the molecule is CN=C(NCc1ccc(F)c(CN(C)C)c1)N1CCC(CN2CCCCC2)C1.I. The number of nitrogens with zero attached hydrogens (tertiary/aromatic N) is 4. The fourth-order valence-corrected chi connectivity index (χ4v) is 4.39. The average molecular weight is 517 g/mol. The second-order valence-corrected chi connectivity index (χ2v) is 8.53. The lowest BCUT2D eigenvalue weighted by atomic mass is 10.1. The van der Waals surface area contributed by atoms with E-state index in [1.807, 2.05) is 38.2 Å². The minimum Gasteiger partial charge on any atom is -0.352 e. The summed E-state index contributed by atoms with van der Waals surface area (Å²) in [6, 6.07) is 5.39. The van der Waals surface area contributed by atoms with Crippen LogP contribution < -0.4 is 5.32 Å². The van der Waals surface area contributed by atoms with Crippen molar-refractivity contribution in [2.45, 2.75) is 38.8 Å². The van der Waals surface area contributed by atoms with Crippen LogP contribution in [-0.4, -0.2) is 74.5 Å². The largest absolute Gasteiger partial charge is 0.352 e. The lowest BCUT2D eigenvalue weighted by Gasteiger charge is -2.29. The van der Waals surface area contributed by atoms with Gasteiger partial charge < -0.3 is 20.0 Å². The van der Waals surface area contributed by atoms with Crippen LogP contribution in [0.3, 0.4) is 0 Å². The van der Waals surface area contributed by atoms with Crippen molar-refractivity contribution in [3.63, 3.8) is 0 Å². The molecule has 0 amide bonds. The lowest BCUT2D eigenvalue weighted by Crippen LogP contribution is -2.41. The first-order chi connectivity index (χ1) is 13.5. The molecular formula is C22H37FIN5. The molecule has 0 spiro atoms. The Kier molecular flexibility index (Phi) is 10.1. The minimum atomic E-state index is -0.137. The van der Waals surface area contributed by atoms with E-state index in [-0.39, 0.29) is 29.8 Å². The molecule has 3 rings (SSSR count). The highest BCUT2D eigenvalue weighted by atomic mass is 127. The fraction of sp³-hybridized carbons (Fsp3) is 0.682. The molecule has 2 aliphatic heterocycles. The summed E-state index contributed by atoms with van der Waals surface area (Å²) in [5, 5.41) is 3.48. The molecular weight excluding hydrogens is 480 g/mol. The molecule has 2 fully saturated rings. The Morgan fingerprint density at radius 3 is 2.66 bits per heavy atom. The van der Waals surface area contributed by atoms with E-state index in [9.17, 15) is 4.39 Å². The quantitative estimate of drug-likeness (QED) is 0.357. The maximum Gasteiger partial charge on any atom is 0.193 e. The normalized spacial score (nSPS) is 20.8. The van der Waals surface area contributed by atoms with Crippen LogP contribution in [0, 0.1) is 11.7 Å². The van der Waals surface area contributed by atoms with E-state index in [1.165, 1.54) is 45.3 Å². The Hall–Kier alpha value is -0.930. The third-order valence-corrected chi connectivity index (χ3v) is 5.81. The van der Waals surface area contributed by atoms with Crippen molar-refractivity contribution >= 4 is 29.9 Å². The second-order valence-electron chi connectivity index (χ2n) is 8.53. The van der Waals surface area contributed by atoms with Crippen LogP contribution in [0.5, 0.6) is 0 Å². The average Bonchev–Trinajstić information content (AvgIpc) is 3.13. The second kappa shape index (κ2) is 12.1. The molecule has 29 heavy (non-hydrogen) atoms. The van der Waals surface area contributed by atoms with Crippen molar-refractivity contribution in [2.75, 3.05) is 53.9 Å². The Labute approximate surface area is 192 Å². The molecule has 2 saturated heterocycles. The number of likely N-dealkylation sites (tertiary alicyclic amines) is 2. The Balaban J connectivity index is 0.00000300. The molecule has 1 unspecified atom stereocenters. The molecule has 1 atom stereocenters. The number of guanidine groups is 1. The van der Waals surface area contributed by atoms with Crippen molar-refractivity contribution in [3.05, 3.63) is 35.1 Å². The molecule has 1 aromatic carbocycles. The molecule has 164 valence electrons. The van der Waals surface area contributed by atoms with Gasteiger partial charge in [0.15, 0.2) is 5.96 Å². The molecule has 7 heteroatoms. The molecule has 0 saturated carbocycles. The summed E-state index contributed by atoms with van der Waals surface area (Å²) in [5.41, 5.74) is 1.82. The van der Waals surface area contributed by atoms with Crippen LogP contribution in [-0.2, 0) is 13.1 Å². The van der Waals surface area contributed by atoms with Gasteiger partial charge >= 0.3 is 0 Å². The highest BCUT2D eigenvalue weighted by Gasteiger charge is 2.26. The first kappa shape index (κ1) is 24.3. The maximum absolute atomic E-state index is 14.0. The highest BCUT2D eigenvalue weighted by Crippen LogP contribution is 2.20. The zero-order valence-corrected chi connectivity index (χ0v) is 20.5. The fourth-order valence-electron chi connectivity index (χ4n) is 4.39. The first-order valence-electron chi connectivity index (χ1n) is 10.6. The summed E-state index contributed by atoms with van der Waals surface area (Å²) in [6.07, 6.45) is 5.34. The summed E-state index contributed by atoms with van der Waals surface area (Å²) in [5.74, 6) is 1.55. The Morgan fingerprint density at radius 2 is 1.97 bits per heavy atom. The van der Waals surface area contributed by atoms with E-state index in [0.717, 1.165) is 36.1 Å². The van der Waals surface area contributed by atoms with Gasteiger partial charge in [-0.05, 0) is 70.1 Å². The Morgan fingerprint density at radius 1 is 1.21 bits per heavy atom. The van der Waals surface area contributed by atoms with Crippen molar-refractivity contribution in [1.29, 1.82) is 0 Å². The van der Waals surface area contributed by atoms with Gasteiger partial charge in [0.25, 0.3) is 0 Å². The molecule has 2 aliphatic rings. The lowest BCUT2D eigenvalue weighted by molar-refractivity contribution is 0.198. The number of nitrogens with one attached hydrogen (secondary N) is 1. The van der Waals surface area contributed by atoms with Crippen LogP contribution in [0.1, 0.15) is 36.8 Å².